The molecule has 134 valence electrons. The molecule has 1 aromatic carbocycles. The number of nitrogens with one attached hydrogen (secondary N) is 1. The zero-order valence-corrected chi connectivity index (χ0v) is 15.2. The van der Waals surface area contributed by atoms with Crippen LogP contribution in [0, 0.1) is 17.7 Å². The Bertz CT molecular complexity index is 717. The van der Waals surface area contributed by atoms with Gasteiger partial charge in [0.2, 0.25) is 5.91 Å². The molecule has 1 N–H and O–H groups in total. The van der Waals surface area contributed by atoms with E-state index < -0.39 is 23.6 Å². The van der Waals surface area contributed by atoms with Gasteiger partial charge in [-0.2, -0.15) is 0 Å². The Hall–Kier alpha value is -1.56. The van der Waals surface area contributed by atoms with Crippen molar-refractivity contribution in [3.05, 3.63) is 51.8 Å². The molecule has 2 atom stereocenters. The number of benzene rings is 1. The van der Waals surface area contributed by atoms with Gasteiger partial charge in [0.05, 0.1) is 16.9 Å². The van der Waals surface area contributed by atoms with Gasteiger partial charge in [-0.3, -0.25) is 9.59 Å². The molecular formula is C17H15Cl3FNO3. The van der Waals surface area contributed by atoms with Crippen LogP contribution in [0.2, 0.25) is 0 Å². The summed E-state index contributed by atoms with van der Waals surface area (Å²) in [6, 6.07) is 5.54. The topological polar surface area (TPSA) is 55.4 Å². The molecule has 25 heavy (non-hydrogen) atoms. The van der Waals surface area contributed by atoms with Gasteiger partial charge in [-0.15, -0.1) is 0 Å². The molecule has 4 nitrogen and oxygen atoms in total. The molecule has 8 heteroatoms. The lowest BCUT2D eigenvalue weighted by molar-refractivity contribution is -0.151. The third-order valence-electron chi connectivity index (χ3n) is 3.71. The number of rotatable bonds is 5. The lowest BCUT2D eigenvalue weighted by Crippen LogP contribution is -2.36. The van der Waals surface area contributed by atoms with E-state index in [1.54, 1.807) is 6.07 Å². The normalized spacial score (nSPS) is 19.2. The van der Waals surface area contributed by atoms with Gasteiger partial charge in [-0.1, -0.05) is 53.0 Å². The van der Waals surface area contributed by atoms with Crippen LogP contribution in [0.4, 0.5) is 10.1 Å². The van der Waals surface area contributed by atoms with Crippen molar-refractivity contribution in [3.8, 4) is 0 Å². The molecule has 1 aliphatic carbocycles. The summed E-state index contributed by atoms with van der Waals surface area (Å²) in [5, 5.41) is 2.63. The summed E-state index contributed by atoms with van der Waals surface area (Å²) in [6.45, 7) is -0.263. The standard InChI is InChI=1S/C17H15Cl3FNO3/c18-14(15(19)20)9-25-17(24)13-7-2-1-6-12(13)16(23)22-11-5-3-4-10(21)8-11/h1-5,8,12-13H,6-7,9H2,(H,22,23)/t12-,13-/m0/s1. The van der Waals surface area contributed by atoms with Crippen LogP contribution in [0.5, 0.6) is 0 Å². The molecule has 0 aromatic heterocycles. The maximum absolute atomic E-state index is 13.2. The number of amides is 1. The number of anilines is 1. The van der Waals surface area contributed by atoms with Crippen molar-refractivity contribution in [1.82, 2.24) is 0 Å². The smallest absolute Gasteiger partial charge is 0.310 e. The van der Waals surface area contributed by atoms with Gasteiger partial charge in [-0.25, -0.2) is 4.39 Å². The van der Waals surface area contributed by atoms with Crippen LogP contribution in [0.25, 0.3) is 0 Å². The quantitative estimate of drug-likeness (QED) is 0.566. The summed E-state index contributed by atoms with van der Waals surface area (Å²) in [6.07, 6.45) is 4.36. The first kappa shape index (κ1) is 19.8. The number of hydrogen-bond donors (Lipinski definition) is 1. The maximum atomic E-state index is 13.2. The number of halogens is 4. The Morgan fingerprint density at radius 1 is 1.16 bits per heavy atom. The largest absolute Gasteiger partial charge is 0.460 e. The van der Waals surface area contributed by atoms with Gasteiger partial charge < -0.3 is 10.1 Å². The van der Waals surface area contributed by atoms with Crippen LogP contribution in [0.1, 0.15) is 12.8 Å². The van der Waals surface area contributed by atoms with Crippen LogP contribution in [0.3, 0.4) is 0 Å². The predicted molar refractivity (Wildman–Crippen MR) is 95.9 cm³/mol. The highest BCUT2D eigenvalue weighted by Crippen LogP contribution is 2.29. The van der Waals surface area contributed by atoms with E-state index in [2.05, 4.69) is 5.32 Å². The predicted octanol–water partition coefficient (Wildman–Crippen LogP) is 4.78. The van der Waals surface area contributed by atoms with Crippen molar-refractivity contribution < 1.29 is 18.7 Å². The van der Waals surface area contributed by atoms with Crippen molar-refractivity contribution >= 4 is 52.4 Å². The fraction of sp³-hybridized carbons (Fsp3) is 0.294. The highest BCUT2D eigenvalue weighted by molar-refractivity contribution is 6.59. The Morgan fingerprint density at radius 2 is 1.84 bits per heavy atom. The van der Waals surface area contributed by atoms with E-state index in [9.17, 15) is 14.0 Å². The fourth-order valence-corrected chi connectivity index (χ4v) is 2.63. The van der Waals surface area contributed by atoms with Gasteiger partial charge >= 0.3 is 5.97 Å². The zero-order chi connectivity index (χ0) is 18.4. The Labute approximate surface area is 159 Å². The van der Waals surface area contributed by atoms with Crippen molar-refractivity contribution in [1.29, 1.82) is 0 Å². The molecule has 0 saturated heterocycles. The lowest BCUT2D eigenvalue weighted by Gasteiger charge is -2.26. The van der Waals surface area contributed by atoms with E-state index >= 15 is 0 Å². The number of esters is 1. The number of ether oxygens (including phenoxy) is 1. The van der Waals surface area contributed by atoms with E-state index in [1.165, 1.54) is 18.2 Å². The Kier molecular flexibility index (Phi) is 7.29. The third-order valence-corrected chi connectivity index (χ3v) is 4.66. The van der Waals surface area contributed by atoms with Gasteiger partial charge in [0.1, 0.15) is 16.9 Å². The first-order valence-corrected chi connectivity index (χ1v) is 8.59. The summed E-state index contributed by atoms with van der Waals surface area (Å²) in [4.78, 5) is 24.8. The maximum Gasteiger partial charge on any atom is 0.310 e. The highest BCUT2D eigenvalue weighted by Gasteiger charge is 2.35. The summed E-state index contributed by atoms with van der Waals surface area (Å²) in [5.74, 6) is -2.71. The molecule has 0 fully saturated rings. The molecule has 0 heterocycles. The minimum absolute atomic E-state index is 0.00352. The monoisotopic (exact) mass is 405 g/mol. The second-order valence-corrected chi connectivity index (χ2v) is 6.83. The highest BCUT2D eigenvalue weighted by atomic mass is 35.5. The third kappa shape index (κ3) is 5.73. The van der Waals surface area contributed by atoms with Crippen LogP contribution in [-0.2, 0) is 14.3 Å². The zero-order valence-electron chi connectivity index (χ0n) is 13.0. The number of carbonyl (C=O) groups is 2. The van der Waals surface area contributed by atoms with E-state index in [0.717, 1.165) is 0 Å². The SMILES string of the molecule is O=C(Nc1cccc(F)c1)[C@H]1CC=CC[C@@H]1C(=O)OCC(Cl)=C(Cl)Cl. The number of allylic oxidation sites excluding steroid dienone is 2. The second kappa shape index (κ2) is 9.22. The molecule has 0 bridgehead atoms. The average molecular weight is 407 g/mol. The number of hydrogen-bond acceptors (Lipinski definition) is 3. The van der Waals surface area contributed by atoms with E-state index in [1.807, 2.05) is 12.2 Å². The Balaban J connectivity index is 2.04. The summed E-state index contributed by atoms with van der Waals surface area (Å²) < 4.78 is 18.1. The van der Waals surface area contributed by atoms with Crippen LogP contribution in [-0.4, -0.2) is 18.5 Å². The summed E-state index contributed by atoms with van der Waals surface area (Å²) >= 11 is 16.7. The van der Waals surface area contributed by atoms with Gasteiger partial charge in [0.15, 0.2) is 0 Å². The first-order valence-electron chi connectivity index (χ1n) is 7.46. The average Bonchev–Trinajstić information content (AvgIpc) is 2.59. The molecule has 0 unspecified atom stereocenters. The van der Waals surface area contributed by atoms with Crippen LogP contribution in [0.15, 0.2) is 45.9 Å². The fourth-order valence-electron chi connectivity index (χ4n) is 2.46. The van der Waals surface area contributed by atoms with Crippen molar-refractivity contribution in [3.63, 3.8) is 0 Å². The molecule has 0 radical (unpaired) electrons. The first-order chi connectivity index (χ1) is 11.9. The van der Waals surface area contributed by atoms with Crippen molar-refractivity contribution in [2.75, 3.05) is 11.9 Å². The second-order valence-electron chi connectivity index (χ2n) is 5.43. The van der Waals surface area contributed by atoms with Crippen molar-refractivity contribution in [2.45, 2.75) is 12.8 Å². The minimum atomic E-state index is -0.669. The molecule has 2 rings (SSSR count). The summed E-state index contributed by atoms with van der Waals surface area (Å²) in [5.41, 5.74) is 0.326. The number of carbonyl (C=O) groups excluding carboxylic acids is 2. The van der Waals surface area contributed by atoms with Gasteiger partial charge in [0, 0.05) is 5.69 Å². The summed E-state index contributed by atoms with van der Waals surface area (Å²) in [7, 11) is 0. The van der Waals surface area contributed by atoms with Crippen LogP contribution < -0.4 is 5.32 Å². The van der Waals surface area contributed by atoms with E-state index in [-0.39, 0.29) is 22.0 Å². The van der Waals surface area contributed by atoms with E-state index in [4.69, 9.17) is 39.5 Å². The van der Waals surface area contributed by atoms with Gasteiger partial charge in [0.25, 0.3) is 0 Å². The molecule has 1 aromatic rings. The molecule has 0 aliphatic heterocycles. The van der Waals surface area contributed by atoms with Crippen molar-refractivity contribution in [2.24, 2.45) is 11.8 Å². The molecule has 1 aliphatic rings. The minimum Gasteiger partial charge on any atom is -0.460 e. The van der Waals surface area contributed by atoms with Gasteiger partial charge in [-0.05, 0) is 31.0 Å². The Morgan fingerprint density at radius 3 is 2.48 bits per heavy atom. The molecule has 0 spiro atoms. The molecular weight excluding hydrogens is 392 g/mol. The molecule has 0 saturated carbocycles. The molecule has 1 amide bonds. The van der Waals surface area contributed by atoms with Crippen LogP contribution >= 0.6 is 34.8 Å². The lowest BCUT2D eigenvalue weighted by atomic mass is 9.82. The van der Waals surface area contributed by atoms with E-state index in [0.29, 0.717) is 18.5 Å².